The standard InChI is InChI=1S/C6H8OSi/c1-5-8(4,6-2)7-3/h1-2H,3-4H3. The molecule has 0 saturated carbocycles. The zero-order valence-electron chi connectivity index (χ0n) is 5.06. The van der Waals surface area contributed by atoms with E-state index in [1.165, 1.54) is 0 Å². The lowest BCUT2D eigenvalue weighted by molar-refractivity contribution is 0.423. The molecule has 2 heteroatoms. The van der Waals surface area contributed by atoms with Gasteiger partial charge in [-0.15, -0.1) is 12.8 Å². The number of terminal acetylenes is 2. The van der Waals surface area contributed by atoms with Gasteiger partial charge in [0, 0.05) is 7.11 Å². The summed E-state index contributed by atoms with van der Waals surface area (Å²) in [7, 11) is -0.568. The van der Waals surface area contributed by atoms with E-state index >= 15 is 0 Å². The van der Waals surface area contributed by atoms with Crippen LogP contribution in [-0.4, -0.2) is 15.4 Å². The van der Waals surface area contributed by atoms with Crippen molar-refractivity contribution in [3.05, 3.63) is 0 Å². The summed E-state index contributed by atoms with van der Waals surface area (Å²) in [5.41, 5.74) is 4.92. The molecular formula is C6H8OSi. The van der Waals surface area contributed by atoms with Gasteiger partial charge in [0.25, 0.3) is 0 Å². The minimum absolute atomic E-state index is 1.55. The second-order valence-electron chi connectivity index (χ2n) is 1.53. The van der Waals surface area contributed by atoms with E-state index in [1.54, 1.807) is 13.7 Å². The molecule has 0 N–H and O–H groups in total. The largest absolute Gasteiger partial charge is 0.400 e. The fraction of sp³-hybridized carbons (Fsp3) is 0.333. The van der Waals surface area contributed by atoms with Crippen molar-refractivity contribution in [1.82, 2.24) is 0 Å². The molecule has 0 bridgehead atoms. The fourth-order valence-corrected chi connectivity index (χ4v) is 0.479. The average molecular weight is 124 g/mol. The molecule has 0 aliphatic carbocycles. The highest BCUT2D eigenvalue weighted by Crippen LogP contribution is 1.96. The molecule has 0 amide bonds. The number of rotatable bonds is 1. The van der Waals surface area contributed by atoms with E-state index in [9.17, 15) is 0 Å². The van der Waals surface area contributed by atoms with Gasteiger partial charge in [-0.3, -0.25) is 0 Å². The van der Waals surface area contributed by atoms with E-state index < -0.39 is 8.32 Å². The fourth-order valence-electron chi connectivity index (χ4n) is 0.160. The second kappa shape index (κ2) is 2.57. The van der Waals surface area contributed by atoms with E-state index in [0.29, 0.717) is 0 Å². The molecule has 8 heavy (non-hydrogen) atoms. The Kier molecular flexibility index (Phi) is 2.34. The van der Waals surface area contributed by atoms with Crippen LogP contribution in [-0.2, 0) is 4.43 Å². The van der Waals surface area contributed by atoms with Crippen molar-refractivity contribution in [2.24, 2.45) is 0 Å². The Morgan fingerprint density at radius 1 is 1.38 bits per heavy atom. The Balaban J connectivity index is 4.11. The van der Waals surface area contributed by atoms with Gasteiger partial charge in [-0.2, -0.15) is 0 Å². The van der Waals surface area contributed by atoms with Crippen LogP contribution >= 0.6 is 0 Å². The zero-order valence-corrected chi connectivity index (χ0v) is 6.06. The van der Waals surface area contributed by atoms with Crippen molar-refractivity contribution >= 4 is 8.32 Å². The third-order valence-electron chi connectivity index (χ3n) is 0.959. The summed E-state index contributed by atoms with van der Waals surface area (Å²) < 4.78 is 4.90. The first kappa shape index (κ1) is 7.30. The zero-order chi connectivity index (χ0) is 6.62. The molecule has 0 radical (unpaired) electrons. The van der Waals surface area contributed by atoms with E-state index in [-0.39, 0.29) is 0 Å². The van der Waals surface area contributed by atoms with Crippen LogP contribution < -0.4 is 0 Å². The lowest BCUT2D eigenvalue weighted by Crippen LogP contribution is -2.29. The van der Waals surface area contributed by atoms with Gasteiger partial charge in [0.2, 0.25) is 0 Å². The molecule has 0 aliphatic rings. The van der Waals surface area contributed by atoms with Crippen molar-refractivity contribution in [2.75, 3.05) is 7.11 Å². The Morgan fingerprint density at radius 2 is 1.75 bits per heavy atom. The Bertz CT molecular complexity index is 135. The molecule has 0 rings (SSSR count). The van der Waals surface area contributed by atoms with E-state index in [0.717, 1.165) is 0 Å². The molecule has 0 heterocycles. The Labute approximate surface area is 51.2 Å². The maximum atomic E-state index is 5.07. The first-order valence-electron chi connectivity index (χ1n) is 2.19. The average Bonchev–Trinajstić information content (AvgIpc) is 1.87. The van der Waals surface area contributed by atoms with Gasteiger partial charge in [0.1, 0.15) is 0 Å². The molecule has 0 aromatic carbocycles. The van der Waals surface area contributed by atoms with E-state index in [4.69, 9.17) is 17.3 Å². The van der Waals surface area contributed by atoms with E-state index in [1.807, 2.05) is 0 Å². The Hall–Kier alpha value is -0.703. The summed E-state index contributed by atoms with van der Waals surface area (Å²) in [4.78, 5) is 0. The van der Waals surface area contributed by atoms with Crippen LogP contribution in [0.15, 0.2) is 0 Å². The summed E-state index contributed by atoms with van der Waals surface area (Å²) in [6, 6.07) is 0. The predicted molar refractivity (Wildman–Crippen MR) is 36.3 cm³/mol. The van der Waals surface area contributed by atoms with Gasteiger partial charge in [0.15, 0.2) is 0 Å². The van der Waals surface area contributed by atoms with Crippen LogP contribution in [0.1, 0.15) is 0 Å². The molecule has 0 unspecified atom stereocenters. The van der Waals surface area contributed by atoms with Crippen molar-refractivity contribution in [2.45, 2.75) is 6.55 Å². The summed E-state index contributed by atoms with van der Waals surface area (Å²) in [6.45, 7) is 1.80. The first-order valence-corrected chi connectivity index (χ1v) is 4.60. The SMILES string of the molecule is C#C[Si](C)(C#C)OC. The van der Waals surface area contributed by atoms with Crippen LogP contribution in [0.4, 0.5) is 0 Å². The number of hydrogen-bond donors (Lipinski definition) is 0. The molecule has 0 aliphatic heterocycles. The Morgan fingerprint density at radius 3 is 1.75 bits per heavy atom. The summed E-state index contributed by atoms with van der Waals surface area (Å²) in [6.07, 6.45) is 10.1. The minimum atomic E-state index is -2.12. The third-order valence-corrected chi connectivity index (χ3v) is 2.88. The van der Waals surface area contributed by atoms with Crippen molar-refractivity contribution in [1.29, 1.82) is 0 Å². The quantitative estimate of drug-likeness (QED) is 0.366. The second-order valence-corrected chi connectivity index (χ2v) is 4.58. The van der Waals surface area contributed by atoms with Crippen LogP contribution in [0.5, 0.6) is 0 Å². The van der Waals surface area contributed by atoms with E-state index in [2.05, 4.69) is 11.1 Å². The highest BCUT2D eigenvalue weighted by Gasteiger charge is 2.20. The lowest BCUT2D eigenvalue weighted by atomic mass is 11.4. The smallest absolute Gasteiger partial charge is 0.349 e. The van der Waals surface area contributed by atoms with Gasteiger partial charge < -0.3 is 4.43 Å². The maximum absolute atomic E-state index is 5.07. The molecule has 0 aromatic rings. The summed E-state index contributed by atoms with van der Waals surface area (Å²) >= 11 is 0. The molecular weight excluding hydrogens is 116 g/mol. The molecule has 0 atom stereocenters. The predicted octanol–water partition coefficient (Wildman–Crippen LogP) is 0.553. The third kappa shape index (κ3) is 1.42. The van der Waals surface area contributed by atoms with Crippen molar-refractivity contribution in [3.8, 4) is 23.9 Å². The van der Waals surface area contributed by atoms with Crippen LogP contribution in [0.3, 0.4) is 0 Å². The van der Waals surface area contributed by atoms with Crippen molar-refractivity contribution < 1.29 is 4.43 Å². The normalized spacial score (nSPS) is 9.50. The minimum Gasteiger partial charge on any atom is -0.400 e. The van der Waals surface area contributed by atoms with Gasteiger partial charge >= 0.3 is 8.32 Å². The topological polar surface area (TPSA) is 9.23 Å². The molecule has 0 spiro atoms. The molecule has 0 fully saturated rings. The highest BCUT2D eigenvalue weighted by molar-refractivity contribution is 6.87. The lowest BCUT2D eigenvalue weighted by Gasteiger charge is -2.07. The van der Waals surface area contributed by atoms with Crippen LogP contribution in [0.25, 0.3) is 0 Å². The highest BCUT2D eigenvalue weighted by atomic mass is 28.4. The molecule has 42 valence electrons. The maximum Gasteiger partial charge on any atom is 0.349 e. The molecule has 0 aromatic heterocycles. The monoisotopic (exact) mass is 124 g/mol. The van der Waals surface area contributed by atoms with Gasteiger partial charge in [-0.25, -0.2) is 0 Å². The molecule has 1 nitrogen and oxygen atoms in total. The van der Waals surface area contributed by atoms with Gasteiger partial charge in [-0.1, -0.05) is 11.1 Å². The van der Waals surface area contributed by atoms with Crippen molar-refractivity contribution in [3.63, 3.8) is 0 Å². The first-order chi connectivity index (χ1) is 3.68. The summed E-state index contributed by atoms with van der Waals surface area (Å²) in [5, 5.41) is 0. The van der Waals surface area contributed by atoms with Gasteiger partial charge in [0.05, 0.1) is 0 Å². The van der Waals surface area contributed by atoms with Gasteiger partial charge in [-0.05, 0) is 6.55 Å². The summed E-state index contributed by atoms with van der Waals surface area (Å²) in [5.74, 6) is 0. The molecule has 0 saturated heterocycles. The number of hydrogen-bond acceptors (Lipinski definition) is 1. The van der Waals surface area contributed by atoms with Crippen LogP contribution in [0.2, 0.25) is 6.55 Å². The van der Waals surface area contributed by atoms with Crippen LogP contribution in [0, 0.1) is 23.9 Å².